The maximum Gasteiger partial charge on any atom is 0.137 e. The van der Waals surface area contributed by atoms with Crippen LogP contribution in [0.3, 0.4) is 0 Å². The molecule has 1 N–H and O–H groups in total. The summed E-state index contributed by atoms with van der Waals surface area (Å²) in [6.45, 7) is 6.53. The predicted octanol–water partition coefficient (Wildman–Crippen LogP) is 4.64. The standard InChI is InChI=1S/C14H18BrFN2/c1-10-7-12(16)11(15)8-13(10)18-6-4-5-14(2,3)9-17/h7-8,18H,4-6H2,1-3H3. The molecule has 0 aliphatic carbocycles. The van der Waals surface area contributed by atoms with Gasteiger partial charge in [0, 0.05) is 12.2 Å². The minimum Gasteiger partial charge on any atom is -0.385 e. The van der Waals surface area contributed by atoms with E-state index in [1.807, 2.05) is 20.8 Å². The quantitative estimate of drug-likeness (QED) is 0.804. The number of benzene rings is 1. The maximum atomic E-state index is 13.2. The normalized spacial score (nSPS) is 11.1. The van der Waals surface area contributed by atoms with Crippen molar-refractivity contribution in [3.8, 4) is 6.07 Å². The minimum absolute atomic E-state index is 0.247. The molecular formula is C14H18BrFN2. The first kappa shape index (κ1) is 15.0. The van der Waals surface area contributed by atoms with Crippen molar-refractivity contribution >= 4 is 21.6 Å². The molecule has 0 aliphatic rings. The molecule has 0 bridgehead atoms. The Morgan fingerprint density at radius 1 is 1.44 bits per heavy atom. The minimum atomic E-state index is -0.278. The van der Waals surface area contributed by atoms with E-state index in [1.165, 1.54) is 6.07 Å². The highest BCUT2D eigenvalue weighted by Crippen LogP contribution is 2.25. The second kappa shape index (κ2) is 6.19. The predicted molar refractivity (Wildman–Crippen MR) is 76.0 cm³/mol. The van der Waals surface area contributed by atoms with Crippen LogP contribution in [0, 0.1) is 29.5 Å². The van der Waals surface area contributed by atoms with E-state index in [-0.39, 0.29) is 11.2 Å². The first-order chi connectivity index (χ1) is 8.35. The molecule has 0 atom stereocenters. The third kappa shape index (κ3) is 4.30. The molecule has 0 saturated heterocycles. The van der Waals surface area contributed by atoms with Gasteiger partial charge in [0.1, 0.15) is 5.82 Å². The van der Waals surface area contributed by atoms with Crippen LogP contribution < -0.4 is 5.32 Å². The highest BCUT2D eigenvalue weighted by atomic mass is 79.9. The second-order valence-electron chi connectivity index (χ2n) is 5.11. The van der Waals surface area contributed by atoms with E-state index < -0.39 is 0 Å². The first-order valence-electron chi connectivity index (χ1n) is 5.96. The Kier molecular flexibility index (Phi) is 5.15. The van der Waals surface area contributed by atoms with Crippen molar-refractivity contribution < 1.29 is 4.39 Å². The number of nitrogens with one attached hydrogen (secondary N) is 1. The number of nitriles is 1. The Morgan fingerprint density at radius 2 is 2.11 bits per heavy atom. The van der Waals surface area contributed by atoms with Crippen molar-refractivity contribution in [2.75, 3.05) is 11.9 Å². The van der Waals surface area contributed by atoms with Gasteiger partial charge in [0.15, 0.2) is 0 Å². The van der Waals surface area contributed by atoms with Crippen molar-refractivity contribution in [1.29, 1.82) is 5.26 Å². The molecule has 1 aromatic carbocycles. The molecule has 0 unspecified atom stereocenters. The van der Waals surface area contributed by atoms with Crippen LogP contribution in [0.25, 0.3) is 0 Å². The van der Waals surface area contributed by atoms with Crippen LogP contribution in [-0.4, -0.2) is 6.54 Å². The van der Waals surface area contributed by atoms with Crippen LogP contribution in [0.1, 0.15) is 32.3 Å². The molecule has 1 rings (SSSR count). The summed E-state index contributed by atoms with van der Waals surface area (Å²) in [7, 11) is 0. The summed E-state index contributed by atoms with van der Waals surface area (Å²) in [6, 6.07) is 5.54. The van der Waals surface area contributed by atoms with Crippen molar-refractivity contribution in [1.82, 2.24) is 0 Å². The van der Waals surface area contributed by atoms with Crippen molar-refractivity contribution in [2.45, 2.75) is 33.6 Å². The second-order valence-corrected chi connectivity index (χ2v) is 5.96. The van der Waals surface area contributed by atoms with Gasteiger partial charge in [0.2, 0.25) is 0 Å². The summed E-state index contributed by atoms with van der Waals surface area (Å²) in [6.07, 6.45) is 1.76. The Morgan fingerprint density at radius 3 is 2.72 bits per heavy atom. The van der Waals surface area contributed by atoms with Crippen molar-refractivity contribution in [3.05, 3.63) is 28.0 Å². The van der Waals surface area contributed by atoms with Gasteiger partial charge >= 0.3 is 0 Å². The van der Waals surface area contributed by atoms with E-state index in [0.29, 0.717) is 4.47 Å². The summed E-state index contributed by atoms with van der Waals surface area (Å²) in [5.74, 6) is -0.247. The van der Waals surface area contributed by atoms with E-state index in [4.69, 9.17) is 5.26 Å². The zero-order chi connectivity index (χ0) is 13.8. The third-order valence-corrected chi connectivity index (χ3v) is 3.47. The highest BCUT2D eigenvalue weighted by Gasteiger charge is 2.15. The lowest BCUT2D eigenvalue weighted by Gasteiger charge is -2.16. The van der Waals surface area contributed by atoms with Crippen LogP contribution in [-0.2, 0) is 0 Å². The van der Waals surface area contributed by atoms with Gasteiger partial charge in [-0.2, -0.15) is 5.26 Å². The molecule has 1 aromatic rings. The Labute approximate surface area is 116 Å². The van der Waals surface area contributed by atoms with Crippen molar-refractivity contribution in [2.24, 2.45) is 5.41 Å². The molecule has 0 amide bonds. The summed E-state index contributed by atoms with van der Waals surface area (Å²) in [4.78, 5) is 0. The van der Waals surface area contributed by atoms with Crippen molar-refractivity contribution in [3.63, 3.8) is 0 Å². The summed E-state index contributed by atoms with van der Waals surface area (Å²) < 4.78 is 13.7. The lowest BCUT2D eigenvalue weighted by atomic mass is 9.90. The van der Waals surface area contributed by atoms with Gasteiger partial charge in [0.05, 0.1) is 16.0 Å². The van der Waals surface area contributed by atoms with Gasteiger partial charge in [-0.25, -0.2) is 4.39 Å². The number of nitrogens with zero attached hydrogens (tertiary/aromatic N) is 1. The fourth-order valence-corrected chi connectivity index (χ4v) is 1.99. The Balaban J connectivity index is 2.50. The number of aryl methyl sites for hydroxylation is 1. The zero-order valence-electron chi connectivity index (χ0n) is 11.0. The number of hydrogen-bond donors (Lipinski definition) is 1. The number of anilines is 1. The maximum absolute atomic E-state index is 13.2. The van der Waals surface area contributed by atoms with Crippen LogP contribution in [0.15, 0.2) is 16.6 Å². The first-order valence-corrected chi connectivity index (χ1v) is 6.76. The van der Waals surface area contributed by atoms with Gasteiger partial charge in [-0.1, -0.05) is 0 Å². The molecule has 0 saturated carbocycles. The molecule has 0 aliphatic heterocycles. The number of hydrogen-bond acceptors (Lipinski definition) is 2. The molecule has 0 fully saturated rings. The smallest absolute Gasteiger partial charge is 0.137 e. The lowest BCUT2D eigenvalue weighted by Crippen LogP contribution is -2.11. The fourth-order valence-electron chi connectivity index (χ4n) is 1.65. The van der Waals surface area contributed by atoms with E-state index in [2.05, 4.69) is 27.3 Å². The largest absolute Gasteiger partial charge is 0.385 e. The van der Waals surface area contributed by atoms with Gasteiger partial charge in [-0.15, -0.1) is 0 Å². The van der Waals surface area contributed by atoms with Crippen LogP contribution in [0.5, 0.6) is 0 Å². The van der Waals surface area contributed by atoms with Gasteiger partial charge < -0.3 is 5.32 Å². The molecule has 0 spiro atoms. The van der Waals surface area contributed by atoms with Gasteiger partial charge in [-0.3, -0.25) is 0 Å². The summed E-state index contributed by atoms with van der Waals surface area (Å²) in [5, 5.41) is 12.2. The molecule has 2 nitrogen and oxygen atoms in total. The molecule has 18 heavy (non-hydrogen) atoms. The zero-order valence-corrected chi connectivity index (χ0v) is 12.6. The topological polar surface area (TPSA) is 35.8 Å². The Hall–Kier alpha value is -1.08. The van der Waals surface area contributed by atoms with Gasteiger partial charge in [0.25, 0.3) is 0 Å². The Bertz CT molecular complexity index is 464. The van der Waals surface area contributed by atoms with Crippen LogP contribution >= 0.6 is 15.9 Å². The van der Waals surface area contributed by atoms with E-state index in [9.17, 15) is 4.39 Å². The fraction of sp³-hybridized carbons (Fsp3) is 0.500. The highest BCUT2D eigenvalue weighted by molar-refractivity contribution is 9.10. The van der Waals surface area contributed by atoms with E-state index in [0.717, 1.165) is 30.6 Å². The average Bonchev–Trinajstić information content (AvgIpc) is 2.31. The number of rotatable bonds is 5. The molecule has 0 aromatic heterocycles. The molecule has 4 heteroatoms. The van der Waals surface area contributed by atoms with Crippen LogP contribution in [0.2, 0.25) is 0 Å². The molecule has 0 heterocycles. The lowest BCUT2D eigenvalue weighted by molar-refractivity contribution is 0.441. The van der Waals surface area contributed by atoms with Gasteiger partial charge in [-0.05, 0) is 67.2 Å². The SMILES string of the molecule is Cc1cc(F)c(Br)cc1NCCCC(C)(C)C#N. The average molecular weight is 313 g/mol. The summed E-state index contributed by atoms with van der Waals surface area (Å²) in [5.41, 5.74) is 1.54. The summed E-state index contributed by atoms with van der Waals surface area (Å²) >= 11 is 3.17. The molecule has 0 radical (unpaired) electrons. The third-order valence-electron chi connectivity index (χ3n) is 2.86. The van der Waals surface area contributed by atoms with Crippen LogP contribution in [0.4, 0.5) is 10.1 Å². The van der Waals surface area contributed by atoms with E-state index in [1.54, 1.807) is 6.07 Å². The monoisotopic (exact) mass is 312 g/mol. The van der Waals surface area contributed by atoms with E-state index >= 15 is 0 Å². The molecular weight excluding hydrogens is 295 g/mol. The number of halogens is 2. The molecule has 98 valence electrons.